The SMILES string of the molecule is O=C(Cc1ccc(Br)cc1)N1CCN(c2ccc(-c3ccc(F)cc3)nn2)CC1. The van der Waals surface area contributed by atoms with Crippen molar-refractivity contribution in [2.75, 3.05) is 31.1 Å². The molecule has 5 nitrogen and oxygen atoms in total. The molecule has 2 aromatic carbocycles. The lowest BCUT2D eigenvalue weighted by atomic mass is 10.1. The van der Waals surface area contributed by atoms with E-state index in [-0.39, 0.29) is 11.7 Å². The van der Waals surface area contributed by atoms with E-state index in [9.17, 15) is 9.18 Å². The molecule has 0 bridgehead atoms. The summed E-state index contributed by atoms with van der Waals surface area (Å²) < 4.78 is 14.1. The Balaban J connectivity index is 1.33. The van der Waals surface area contributed by atoms with Gasteiger partial charge in [0.15, 0.2) is 5.82 Å². The van der Waals surface area contributed by atoms with E-state index >= 15 is 0 Å². The first kappa shape index (κ1) is 19.5. The fourth-order valence-electron chi connectivity index (χ4n) is 3.34. The van der Waals surface area contributed by atoms with Crippen molar-refractivity contribution in [3.8, 4) is 11.3 Å². The number of nitrogens with zero attached hydrogens (tertiary/aromatic N) is 4. The third kappa shape index (κ3) is 4.79. The Morgan fingerprint density at radius 2 is 1.59 bits per heavy atom. The van der Waals surface area contributed by atoms with E-state index in [4.69, 9.17) is 0 Å². The summed E-state index contributed by atoms with van der Waals surface area (Å²) in [6.45, 7) is 2.76. The van der Waals surface area contributed by atoms with Crippen molar-refractivity contribution in [2.24, 2.45) is 0 Å². The van der Waals surface area contributed by atoms with Crippen molar-refractivity contribution in [3.63, 3.8) is 0 Å². The van der Waals surface area contributed by atoms with Crippen LogP contribution in [-0.4, -0.2) is 47.2 Å². The minimum atomic E-state index is -0.272. The number of benzene rings is 2. The number of rotatable bonds is 4. The van der Waals surface area contributed by atoms with E-state index in [1.54, 1.807) is 12.1 Å². The molecule has 148 valence electrons. The highest BCUT2D eigenvalue weighted by molar-refractivity contribution is 9.10. The number of hydrogen-bond donors (Lipinski definition) is 0. The zero-order valence-electron chi connectivity index (χ0n) is 15.8. The molecule has 2 heterocycles. The second-order valence-corrected chi connectivity index (χ2v) is 7.87. The average molecular weight is 455 g/mol. The van der Waals surface area contributed by atoms with E-state index in [0.29, 0.717) is 25.2 Å². The van der Waals surface area contributed by atoms with Crippen LogP contribution in [-0.2, 0) is 11.2 Å². The van der Waals surface area contributed by atoms with Gasteiger partial charge in [-0.05, 0) is 54.1 Å². The molecule has 1 aliphatic heterocycles. The molecule has 1 saturated heterocycles. The fraction of sp³-hybridized carbons (Fsp3) is 0.227. The summed E-state index contributed by atoms with van der Waals surface area (Å²) in [5.41, 5.74) is 2.55. The zero-order valence-corrected chi connectivity index (χ0v) is 17.3. The van der Waals surface area contributed by atoms with Gasteiger partial charge in [-0.15, -0.1) is 10.2 Å². The first-order valence-electron chi connectivity index (χ1n) is 9.45. The molecule has 7 heteroatoms. The second kappa shape index (κ2) is 8.69. The Labute approximate surface area is 177 Å². The minimum Gasteiger partial charge on any atom is -0.352 e. The number of anilines is 1. The van der Waals surface area contributed by atoms with Crippen LogP contribution in [0.15, 0.2) is 65.1 Å². The second-order valence-electron chi connectivity index (χ2n) is 6.95. The summed E-state index contributed by atoms with van der Waals surface area (Å²) in [5.74, 6) is 0.659. The summed E-state index contributed by atoms with van der Waals surface area (Å²) >= 11 is 3.41. The highest BCUT2D eigenvalue weighted by Crippen LogP contribution is 2.20. The fourth-order valence-corrected chi connectivity index (χ4v) is 3.61. The van der Waals surface area contributed by atoms with Crippen LogP contribution in [0.5, 0.6) is 0 Å². The van der Waals surface area contributed by atoms with Gasteiger partial charge in [-0.2, -0.15) is 0 Å². The highest BCUT2D eigenvalue weighted by Gasteiger charge is 2.22. The smallest absolute Gasteiger partial charge is 0.227 e. The Hall–Kier alpha value is -2.80. The lowest BCUT2D eigenvalue weighted by molar-refractivity contribution is -0.130. The van der Waals surface area contributed by atoms with E-state index < -0.39 is 0 Å². The Kier molecular flexibility index (Phi) is 5.85. The lowest BCUT2D eigenvalue weighted by Crippen LogP contribution is -2.49. The van der Waals surface area contributed by atoms with Gasteiger partial charge in [-0.1, -0.05) is 28.1 Å². The van der Waals surface area contributed by atoms with Gasteiger partial charge in [-0.25, -0.2) is 4.39 Å². The van der Waals surface area contributed by atoms with Gasteiger partial charge in [0.1, 0.15) is 5.82 Å². The molecular weight excluding hydrogens is 435 g/mol. The van der Waals surface area contributed by atoms with Crippen LogP contribution in [0.25, 0.3) is 11.3 Å². The van der Waals surface area contributed by atoms with Gasteiger partial charge in [0, 0.05) is 36.2 Å². The molecule has 0 radical (unpaired) electrons. The Bertz CT molecular complexity index is 969. The normalized spacial score (nSPS) is 14.1. The molecule has 0 atom stereocenters. The molecule has 0 saturated carbocycles. The molecule has 1 aliphatic rings. The molecule has 0 aliphatic carbocycles. The Morgan fingerprint density at radius 3 is 2.21 bits per heavy atom. The van der Waals surface area contributed by atoms with Crippen molar-refractivity contribution in [1.29, 1.82) is 0 Å². The predicted octanol–water partition coefficient (Wildman–Crippen LogP) is 3.94. The summed E-state index contributed by atoms with van der Waals surface area (Å²) in [4.78, 5) is 16.6. The van der Waals surface area contributed by atoms with Gasteiger partial charge in [-0.3, -0.25) is 4.79 Å². The van der Waals surface area contributed by atoms with Gasteiger partial charge >= 0.3 is 0 Å². The maximum atomic E-state index is 13.1. The van der Waals surface area contributed by atoms with E-state index in [1.165, 1.54) is 12.1 Å². The highest BCUT2D eigenvalue weighted by atomic mass is 79.9. The Morgan fingerprint density at radius 1 is 0.897 bits per heavy atom. The topological polar surface area (TPSA) is 49.3 Å². The first-order valence-corrected chi connectivity index (χ1v) is 10.2. The number of halogens is 2. The van der Waals surface area contributed by atoms with Crippen molar-refractivity contribution in [1.82, 2.24) is 15.1 Å². The molecule has 4 rings (SSSR count). The summed E-state index contributed by atoms with van der Waals surface area (Å²) in [5, 5.41) is 8.59. The van der Waals surface area contributed by atoms with Crippen LogP contribution in [0.4, 0.5) is 10.2 Å². The van der Waals surface area contributed by atoms with Crippen molar-refractivity contribution in [2.45, 2.75) is 6.42 Å². The van der Waals surface area contributed by atoms with Crippen LogP contribution < -0.4 is 4.90 Å². The first-order chi connectivity index (χ1) is 14.1. The van der Waals surface area contributed by atoms with Crippen LogP contribution in [0, 0.1) is 5.82 Å². The van der Waals surface area contributed by atoms with Crippen LogP contribution in [0.1, 0.15) is 5.56 Å². The summed E-state index contributed by atoms with van der Waals surface area (Å²) in [6.07, 6.45) is 0.416. The van der Waals surface area contributed by atoms with Gasteiger partial charge in [0.25, 0.3) is 0 Å². The third-order valence-electron chi connectivity index (χ3n) is 5.02. The predicted molar refractivity (Wildman–Crippen MR) is 114 cm³/mol. The maximum Gasteiger partial charge on any atom is 0.227 e. The number of piperazine rings is 1. The van der Waals surface area contributed by atoms with Crippen molar-refractivity contribution < 1.29 is 9.18 Å². The van der Waals surface area contributed by atoms with Crippen molar-refractivity contribution >= 4 is 27.7 Å². The van der Waals surface area contributed by atoms with Gasteiger partial charge in [0.05, 0.1) is 12.1 Å². The molecule has 0 N–H and O–H groups in total. The molecule has 29 heavy (non-hydrogen) atoms. The lowest BCUT2D eigenvalue weighted by Gasteiger charge is -2.35. The van der Waals surface area contributed by atoms with Crippen LogP contribution in [0.3, 0.4) is 0 Å². The number of amides is 1. The molecule has 1 aromatic heterocycles. The monoisotopic (exact) mass is 454 g/mol. The molecule has 0 unspecified atom stereocenters. The average Bonchev–Trinajstić information content (AvgIpc) is 2.76. The standard InChI is InChI=1S/C22H20BrFN4O/c23-18-5-1-16(2-6-18)15-22(29)28-13-11-27(12-14-28)21-10-9-20(25-26-21)17-3-7-19(24)8-4-17/h1-10H,11-15H2. The van der Waals surface area contributed by atoms with Gasteiger partial charge < -0.3 is 9.80 Å². The van der Waals surface area contributed by atoms with E-state index in [1.807, 2.05) is 41.3 Å². The number of carbonyl (C=O) groups is 1. The number of hydrogen-bond acceptors (Lipinski definition) is 4. The van der Waals surface area contributed by atoms with E-state index in [0.717, 1.165) is 34.5 Å². The quantitative estimate of drug-likeness (QED) is 0.598. The molecule has 1 fully saturated rings. The van der Waals surface area contributed by atoms with Crippen LogP contribution >= 0.6 is 15.9 Å². The van der Waals surface area contributed by atoms with Crippen molar-refractivity contribution in [3.05, 3.63) is 76.5 Å². The molecule has 3 aromatic rings. The minimum absolute atomic E-state index is 0.143. The molecule has 1 amide bonds. The summed E-state index contributed by atoms with van der Waals surface area (Å²) in [6, 6.07) is 17.9. The zero-order chi connectivity index (χ0) is 20.2. The third-order valence-corrected chi connectivity index (χ3v) is 5.54. The molecule has 0 spiro atoms. The van der Waals surface area contributed by atoms with Crippen LogP contribution in [0.2, 0.25) is 0 Å². The summed E-state index contributed by atoms with van der Waals surface area (Å²) in [7, 11) is 0. The number of carbonyl (C=O) groups excluding carboxylic acids is 1. The molecular formula is C22H20BrFN4O. The largest absolute Gasteiger partial charge is 0.352 e. The van der Waals surface area contributed by atoms with Gasteiger partial charge in [0.2, 0.25) is 5.91 Å². The maximum absolute atomic E-state index is 13.1. The number of aromatic nitrogens is 2. The van der Waals surface area contributed by atoms with E-state index in [2.05, 4.69) is 31.0 Å².